The molecule has 22 heavy (non-hydrogen) atoms. The fourth-order valence-electron chi connectivity index (χ4n) is 2.60. The topological polar surface area (TPSA) is 116 Å². The van der Waals surface area contributed by atoms with Crippen LogP contribution in [0.3, 0.4) is 0 Å². The maximum Gasteiger partial charge on any atom is 0.293 e. The van der Waals surface area contributed by atoms with Crippen LogP contribution in [-0.2, 0) is 14.8 Å². The van der Waals surface area contributed by atoms with Crippen molar-refractivity contribution in [2.24, 2.45) is 5.14 Å². The van der Waals surface area contributed by atoms with E-state index < -0.39 is 14.9 Å². The Morgan fingerprint density at radius 3 is 2.73 bits per heavy atom. The molecular weight excluding hydrogens is 310 g/mol. The smallest absolute Gasteiger partial charge is 0.293 e. The van der Waals surface area contributed by atoms with Gasteiger partial charge in [0.05, 0.1) is 9.82 Å². The number of rotatable bonds is 4. The van der Waals surface area contributed by atoms with E-state index in [9.17, 15) is 18.5 Å². The summed E-state index contributed by atoms with van der Waals surface area (Å²) in [4.78, 5) is 12.2. The Morgan fingerprint density at radius 2 is 2.09 bits per heavy atom. The van der Waals surface area contributed by atoms with Gasteiger partial charge < -0.3 is 9.64 Å². The van der Waals surface area contributed by atoms with E-state index in [2.05, 4.69) is 0 Å². The molecule has 9 heteroatoms. The van der Waals surface area contributed by atoms with Crippen molar-refractivity contribution in [1.29, 1.82) is 0 Å². The van der Waals surface area contributed by atoms with Crippen LogP contribution in [0, 0.1) is 10.1 Å². The largest absolute Gasteiger partial charge is 0.381 e. The molecule has 1 aromatic carbocycles. The van der Waals surface area contributed by atoms with Crippen LogP contribution in [0.4, 0.5) is 11.4 Å². The van der Waals surface area contributed by atoms with Gasteiger partial charge in [-0.1, -0.05) is 0 Å². The summed E-state index contributed by atoms with van der Waals surface area (Å²) in [5.74, 6) is 0. The normalized spacial score (nSPS) is 19.5. The first-order valence-corrected chi connectivity index (χ1v) is 8.47. The number of sulfonamides is 1. The number of nitrogens with two attached hydrogens (primary N) is 1. The number of ether oxygens (including phenoxy) is 1. The van der Waals surface area contributed by atoms with Crippen LogP contribution in [0.2, 0.25) is 0 Å². The lowest BCUT2D eigenvalue weighted by Gasteiger charge is -2.28. The second-order valence-electron chi connectivity index (χ2n) is 5.26. The van der Waals surface area contributed by atoms with Crippen molar-refractivity contribution in [3.8, 4) is 0 Å². The van der Waals surface area contributed by atoms with Crippen molar-refractivity contribution >= 4 is 21.4 Å². The predicted molar refractivity (Wildman–Crippen MR) is 81.3 cm³/mol. The van der Waals surface area contributed by atoms with Crippen molar-refractivity contribution < 1.29 is 18.1 Å². The highest BCUT2D eigenvalue weighted by Crippen LogP contribution is 2.32. The van der Waals surface area contributed by atoms with Crippen molar-refractivity contribution in [3.63, 3.8) is 0 Å². The summed E-state index contributed by atoms with van der Waals surface area (Å²) < 4.78 is 28.1. The molecule has 0 spiro atoms. The summed E-state index contributed by atoms with van der Waals surface area (Å²) in [7, 11) is -2.20. The molecule has 2 N–H and O–H groups in total. The second kappa shape index (κ2) is 6.59. The van der Waals surface area contributed by atoms with Gasteiger partial charge in [-0.15, -0.1) is 0 Å². The van der Waals surface area contributed by atoms with E-state index in [4.69, 9.17) is 9.88 Å². The zero-order valence-electron chi connectivity index (χ0n) is 12.3. The van der Waals surface area contributed by atoms with Gasteiger partial charge in [0.1, 0.15) is 5.69 Å². The Morgan fingerprint density at radius 1 is 1.36 bits per heavy atom. The molecule has 0 bridgehead atoms. The Kier molecular flexibility index (Phi) is 4.99. The highest BCUT2D eigenvalue weighted by Gasteiger charge is 2.25. The van der Waals surface area contributed by atoms with Gasteiger partial charge in [-0.3, -0.25) is 10.1 Å². The minimum absolute atomic E-state index is 0.113. The van der Waals surface area contributed by atoms with Crippen LogP contribution in [0.25, 0.3) is 0 Å². The molecule has 1 fully saturated rings. The lowest BCUT2D eigenvalue weighted by Crippen LogP contribution is -2.32. The van der Waals surface area contributed by atoms with Gasteiger partial charge in [0.25, 0.3) is 5.69 Å². The summed E-state index contributed by atoms with van der Waals surface area (Å²) in [5, 5.41) is 16.3. The molecule has 8 nitrogen and oxygen atoms in total. The van der Waals surface area contributed by atoms with E-state index in [0.29, 0.717) is 18.9 Å². The van der Waals surface area contributed by atoms with Gasteiger partial charge in [-0.2, -0.15) is 0 Å². The van der Waals surface area contributed by atoms with Crippen LogP contribution >= 0.6 is 0 Å². The third-order valence-corrected chi connectivity index (χ3v) is 4.73. The van der Waals surface area contributed by atoms with Gasteiger partial charge in [0, 0.05) is 32.4 Å². The molecule has 1 aliphatic heterocycles. The summed E-state index contributed by atoms with van der Waals surface area (Å²) in [5.41, 5.74) is 0.114. The Hall–Kier alpha value is -1.71. The zero-order chi connectivity index (χ0) is 16.3. The van der Waals surface area contributed by atoms with Gasteiger partial charge in [-0.25, -0.2) is 13.6 Å². The minimum atomic E-state index is -3.97. The Labute approximate surface area is 129 Å². The molecule has 1 aliphatic rings. The first-order chi connectivity index (χ1) is 10.3. The molecule has 0 unspecified atom stereocenters. The first-order valence-electron chi connectivity index (χ1n) is 6.92. The van der Waals surface area contributed by atoms with Crippen molar-refractivity contribution in [2.45, 2.75) is 30.2 Å². The van der Waals surface area contributed by atoms with E-state index >= 15 is 0 Å². The third kappa shape index (κ3) is 3.73. The van der Waals surface area contributed by atoms with Crippen molar-refractivity contribution in [2.75, 3.05) is 25.2 Å². The van der Waals surface area contributed by atoms with Crippen molar-refractivity contribution in [1.82, 2.24) is 0 Å². The number of anilines is 1. The Balaban J connectivity index is 2.38. The molecule has 1 heterocycles. The summed E-state index contributed by atoms with van der Waals surface area (Å²) in [6.45, 7) is 1.30. The maximum atomic E-state index is 11.4. The van der Waals surface area contributed by atoms with E-state index in [1.165, 1.54) is 12.1 Å². The molecule has 0 saturated carbocycles. The summed E-state index contributed by atoms with van der Waals surface area (Å²) >= 11 is 0. The molecule has 1 atom stereocenters. The first kappa shape index (κ1) is 16.7. The number of benzene rings is 1. The Bertz CT molecular complexity index is 654. The standard InChI is InChI=1S/C13H19N3O5S/c1-15(10-3-2-7-21-8-6-10)12-5-4-11(22(14,19)20)9-13(12)16(17)18/h4-5,9-10H,2-3,6-8H2,1H3,(H2,14,19,20)/t10-/m1/s1. The number of nitro groups is 1. The van der Waals surface area contributed by atoms with Crippen LogP contribution in [0.1, 0.15) is 19.3 Å². The molecule has 1 saturated heterocycles. The molecule has 0 amide bonds. The molecule has 2 rings (SSSR count). The number of hydrogen-bond donors (Lipinski definition) is 1. The van der Waals surface area contributed by atoms with Gasteiger partial charge >= 0.3 is 0 Å². The van der Waals surface area contributed by atoms with E-state index in [0.717, 1.165) is 25.3 Å². The lowest BCUT2D eigenvalue weighted by molar-refractivity contribution is -0.384. The lowest BCUT2D eigenvalue weighted by atomic mass is 10.1. The summed E-state index contributed by atoms with van der Waals surface area (Å²) in [6, 6.07) is 3.85. The van der Waals surface area contributed by atoms with Crippen LogP contribution in [0.5, 0.6) is 0 Å². The molecular formula is C13H19N3O5S. The van der Waals surface area contributed by atoms with Crippen LogP contribution in [0.15, 0.2) is 23.1 Å². The predicted octanol–water partition coefficient (Wildman–Crippen LogP) is 1.25. The van der Waals surface area contributed by atoms with E-state index in [1.807, 2.05) is 4.90 Å². The average molecular weight is 329 g/mol. The van der Waals surface area contributed by atoms with E-state index in [-0.39, 0.29) is 16.6 Å². The average Bonchev–Trinajstić information content (AvgIpc) is 2.74. The SMILES string of the molecule is CN(c1ccc(S(N)(=O)=O)cc1[N+](=O)[O-])[C@@H]1CCCOCC1. The minimum Gasteiger partial charge on any atom is -0.381 e. The van der Waals surface area contributed by atoms with Gasteiger partial charge in [0.2, 0.25) is 10.0 Å². The molecule has 0 radical (unpaired) electrons. The van der Waals surface area contributed by atoms with E-state index in [1.54, 1.807) is 7.05 Å². The quantitative estimate of drug-likeness (QED) is 0.656. The maximum absolute atomic E-state index is 11.4. The highest BCUT2D eigenvalue weighted by atomic mass is 32.2. The fraction of sp³-hybridized carbons (Fsp3) is 0.538. The fourth-order valence-corrected chi connectivity index (χ4v) is 3.13. The van der Waals surface area contributed by atoms with Crippen LogP contribution < -0.4 is 10.0 Å². The van der Waals surface area contributed by atoms with Crippen LogP contribution in [-0.4, -0.2) is 39.6 Å². The molecule has 0 aromatic heterocycles. The number of nitro benzene ring substituents is 1. The third-order valence-electron chi connectivity index (χ3n) is 3.82. The van der Waals surface area contributed by atoms with Gasteiger partial charge in [0.15, 0.2) is 0 Å². The second-order valence-corrected chi connectivity index (χ2v) is 6.82. The molecule has 122 valence electrons. The summed E-state index contributed by atoms with van der Waals surface area (Å²) in [6.07, 6.45) is 2.52. The number of hydrogen-bond acceptors (Lipinski definition) is 6. The molecule has 1 aromatic rings. The number of nitrogens with zero attached hydrogens (tertiary/aromatic N) is 2. The molecule has 0 aliphatic carbocycles. The van der Waals surface area contributed by atoms with Gasteiger partial charge in [-0.05, 0) is 31.4 Å². The zero-order valence-corrected chi connectivity index (χ0v) is 13.1. The number of primary sulfonamides is 1. The highest BCUT2D eigenvalue weighted by molar-refractivity contribution is 7.89. The monoisotopic (exact) mass is 329 g/mol. The van der Waals surface area contributed by atoms with Crippen molar-refractivity contribution in [3.05, 3.63) is 28.3 Å².